The number of rotatable bonds is 6. The summed E-state index contributed by atoms with van der Waals surface area (Å²) in [6, 6.07) is 7.99. The van der Waals surface area contributed by atoms with E-state index >= 15 is 0 Å². The van der Waals surface area contributed by atoms with Gasteiger partial charge in [0.2, 0.25) is 11.9 Å². The van der Waals surface area contributed by atoms with Crippen molar-refractivity contribution in [2.75, 3.05) is 5.32 Å². The number of halogens is 1. The van der Waals surface area contributed by atoms with Crippen LogP contribution in [0.1, 0.15) is 36.0 Å². The maximum absolute atomic E-state index is 12.1. The molecule has 0 aliphatic carbocycles. The molecule has 2 heterocycles. The van der Waals surface area contributed by atoms with Gasteiger partial charge in [0, 0.05) is 15.8 Å². The molecule has 0 bridgehead atoms. The van der Waals surface area contributed by atoms with Crippen LogP contribution in [0.25, 0.3) is 0 Å². The van der Waals surface area contributed by atoms with Crippen LogP contribution in [-0.2, 0) is 17.8 Å². The molecule has 0 unspecified atom stereocenters. The largest absolute Gasteiger partial charge is 0.293 e. The predicted molar refractivity (Wildman–Crippen MR) is 102 cm³/mol. The lowest BCUT2D eigenvalue weighted by molar-refractivity contribution is -0.115. The Bertz CT molecular complexity index is 856. The van der Waals surface area contributed by atoms with Gasteiger partial charge in [0.1, 0.15) is 6.33 Å². The van der Waals surface area contributed by atoms with Crippen molar-refractivity contribution in [2.24, 2.45) is 0 Å². The summed E-state index contributed by atoms with van der Waals surface area (Å²) in [5, 5.41) is 9.97. The number of amides is 1. The zero-order valence-corrected chi connectivity index (χ0v) is 16.3. The molecule has 1 aromatic carbocycles. The minimum absolute atomic E-state index is 0.165. The number of hydrogen-bond donors (Lipinski definition) is 1. The lowest BCUT2D eigenvalue weighted by Crippen LogP contribution is -2.16. The van der Waals surface area contributed by atoms with Crippen molar-refractivity contribution in [1.29, 1.82) is 0 Å². The molecule has 130 valence electrons. The van der Waals surface area contributed by atoms with Crippen molar-refractivity contribution in [3.8, 4) is 0 Å². The summed E-state index contributed by atoms with van der Waals surface area (Å²) in [5.74, 6) is 0.515. The molecule has 0 spiro atoms. The molecule has 0 atom stereocenters. The molecular weight excluding hydrogens is 402 g/mol. The van der Waals surface area contributed by atoms with Crippen LogP contribution in [0, 0.1) is 0 Å². The summed E-state index contributed by atoms with van der Waals surface area (Å²) in [7, 11) is 0. The number of nitrogens with one attached hydrogen (secondary N) is 1. The second-order valence-corrected chi connectivity index (χ2v) is 7.75. The number of carbonyl (C=O) groups excluding carboxylic acids is 1. The Kier molecular flexibility index (Phi) is 5.60. The third-order valence-corrected chi connectivity index (χ3v) is 5.17. The number of aromatic nitrogens is 4. The third kappa shape index (κ3) is 4.96. The first-order valence-corrected chi connectivity index (χ1v) is 9.55. The smallest absolute Gasteiger partial charge is 0.248 e. The number of thiazole rings is 1. The molecule has 3 rings (SSSR count). The zero-order chi connectivity index (χ0) is 17.8. The highest BCUT2D eigenvalue weighted by Crippen LogP contribution is 2.19. The molecule has 0 saturated heterocycles. The van der Waals surface area contributed by atoms with Crippen molar-refractivity contribution in [2.45, 2.75) is 32.7 Å². The van der Waals surface area contributed by atoms with Crippen molar-refractivity contribution >= 4 is 39.1 Å². The van der Waals surface area contributed by atoms with E-state index in [1.54, 1.807) is 22.3 Å². The van der Waals surface area contributed by atoms with E-state index in [0.717, 1.165) is 20.7 Å². The molecule has 1 amide bonds. The van der Waals surface area contributed by atoms with Crippen molar-refractivity contribution in [3.63, 3.8) is 0 Å². The average Bonchev–Trinajstić information content (AvgIpc) is 3.19. The summed E-state index contributed by atoms with van der Waals surface area (Å²) in [6.07, 6.45) is 1.84. The molecule has 25 heavy (non-hydrogen) atoms. The Hall–Kier alpha value is -2.06. The first-order valence-electron chi connectivity index (χ1n) is 7.87. The molecular formula is C17H18BrN5OS. The minimum atomic E-state index is -0.165. The highest BCUT2D eigenvalue weighted by Gasteiger charge is 2.11. The molecule has 0 fully saturated rings. The number of anilines is 1. The standard InChI is InChI=1S/C17H18BrN5OS/c1-11(2)16-20-14(9-25-16)7-15(24)21-17-19-10-23(22-17)8-12-3-5-13(18)6-4-12/h3-6,9-11H,7-8H2,1-2H3,(H,21,22,24). The van der Waals surface area contributed by atoms with Crippen LogP contribution in [0.15, 0.2) is 40.4 Å². The van der Waals surface area contributed by atoms with Gasteiger partial charge in [-0.25, -0.2) is 14.6 Å². The summed E-state index contributed by atoms with van der Waals surface area (Å²) in [5.41, 5.74) is 1.88. The Morgan fingerprint density at radius 1 is 1.32 bits per heavy atom. The Balaban J connectivity index is 1.56. The Morgan fingerprint density at radius 2 is 2.08 bits per heavy atom. The molecule has 0 aliphatic heterocycles. The van der Waals surface area contributed by atoms with E-state index in [1.165, 1.54) is 0 Å². The minimum Gasteiger partial charge on any atom is -0.293 e. The Morgan fingerprint density at radius 3 is 2.76 bits per heavy atom. The van der Waals surface area contributed by atoms with Gasteiger partial charge in [0.15, 0.2) is 0 Å². The van der Waals surface area contributed by atoms with Gasteiger partial charge in [0.25, 0.3) is 0 Å². The maximum atomic E-state index is 12.1. The summed E-state index contributed by atoms with van der Waals surface area (Å²) >= 11 is 4.99. The maximum Gasteiger partial charge on any atom is 0.248 e. The van der Waals surface area contributed by atoms with Crippen LogP contribution >= 0.6 is 27.3 Å². The third-order valence-electron chi connectivity index (χ3n) is 3.45. The van der Waals surface area contributed by atoms with E-state index in [4.69, 9.17) is 0 Å². The van der Waals surface area contributed by atoms with Gasteiger partial charge in [-0.2, -0.15) is 0 Å². The highest BCUT2D eigenvalue weighted by molar-refractivity contribution is 9.10. The van der Waals surface area contributed by atoms with Crippen LogP contribution < -0.4 is 5.32 Å². The van der Waals surface area contributed by atoms with Gasteiger partial charge in [-0.1, -0.05) is 41.9 Å². The summed E-state index contributed by atoms with van der Waals surface area (Å²) in [6.45, 7) is 4.77. The first kappa shape index (κ1) is 17.8. The van der Waals surface area contributed by atoms with Gasteiger partial charge in [0.05, 0.1) is 23.7 Å². The van der Waals surface area contributed by atoms with Crippen molar-refractivity contribution in [1.82, 2.24) is 19.7 Å². The lowest BCUT2D eigenvalue weighted by Gasteiger charge is -2.01. The van der Waals surface area contributed by atoms with Gasteiger partial charge in [-0.3, -0.25) is 10.1 Å². The van der Waals surface area contributed by atoms with E-state index in [-0.39, 0.29) is 12.3 Å². The Labute approximate surface area is 158 Å². The number of hydrogen-bond acceptors (Lipinski definition) is 5. The van der Waals surface area contributed by atoms with Gasteiger partial charge < -0.3 is 0 Å². The molecule has 0 saturated carbocycles. The average molecular weight is 420 g/mol. The fraction of sp³-hybridized carbons (Fsp3) is 0.294. The predicted octanol–water partition coefficient (Wildman–Crippen LogP) is 3.85. The molecule has 0 aliphatic rings. The van der Waals surface area contributed by atoms with Crippen LogP contribution in [0.3, 0.4) is 0 Å². The second-order valence-electron chi connectivity index (χ2n) is 5.95. The summed E-state index contributed by atoms with van der Waals surface area (Å²) in [4.78, 5) is 20.7. The van der Waals surface area contributed by atoms with Gasteiger partial charge >= 0.3 is 0 Å². The molecule has 1 N–H and O–H groups in total. The molecule has 2 aromatic heterocycles. The number of carbonyl (C=O) groups is 1. The van der Waals surface area contributed by atoms with E-state index < -0.39 is 0 Å². The first-order chi connectivity index (χ1) is 12.0. The van der Waals surface area contributed by atoms with E-state index in [0.29, 0.717) is 18.4 Å². The molecule has 8 heteroatoms. The van der Waals surface area contributed by atoms with Crippen LogP contribution in [0.2, 0.25) is 0 Å². The number of nitrogens with zero attached hydrogens (tertiary/aromatic N) is 4. The van der Waals surface area contributed by atoms with Gasteiger partial charge in [-0.15, -0.1) is 16.4 Å². The molecule has 3 aromatic rings. The van der Waals surface area contributed by atoms with E-state index in [1.807, 2.05) is 29.6 Å². The van der Waals surface area contributed by atoms with Crippen LogP contribution in [0.4, 0.5) is 5.95 Å². The van der Waals surface area contributed by atoms with Crippen molar-refractivity contribution in [3.05, 3.63) is 56.7 Å². The van der Waals surface area contributed by atoms with E-state index in [9.17, 15) is 4.79 Å². The lowest BCUT2D eigenvalue weighted by atomic mass is 10.2. The number of benzene rings is 1. The zero-order valence-electron chi connectivity index (χ0n) is 13.9. The topological polar surface area (TPSA) is 72.7 Å². The van der Waals surface area contributed by atoms with Crippen LogP contribution in [-0.4, -0.2) is 25.7 Å². The second kappa shape index (κ2) is 7.88. The summed E-state index contributed by atoms with van der Waals surface area (Å²) < 4.78 is 2.73. The SMILES string of the molecule is CC(C)c1nc(CC(=O)Nc2ncn(Cc3ccc(Br)cc3)n2)cs1. The normalized spacial score (nSPS) is 11.0. The quantitative estimate of drug-likeness (QED) is 0.658. The van der Waals surface area contributed by atoms with E-state index in [2.05, 4.69) is 50.2 Å². The van der Waals surface area contributed by atoms with Crippen LogP contribution in [0.5, 0.6) is 0 Å². The van der Waals surface area contributed by atoms with Crippen molar-refractivity contribution < 1.29 is 4.79 Å². The molecule has 6 nitrogen and oxygen atoms in total. The monoisotopic (exact) mass is 419 g/mol. The fourth-order valence-corrected chi connectivity index (χ4v) is 3.31. The molecule has 0 radical (unpaired) electrons. The van der Waals surface area contributed by atoms with Gasteiger partial charge in [-0.05, 0) is 17.7 Å². The fourth-order valence-electron chi connectivity index (χ4n) is 2.21. The highest BCUT2D eigenvalue weighted by atomic mass is 79.9.